The van der Waals surface area contributed by atoms with Crippen LogP contribution < -0.4 is 4.74 Å². The van der Waals surface area contributed by atoms with Gasteiger partial charge in [0.2, 0.25) is 0 Å². The van der Waals surface area contributed by atoms with Crippen LogP contribution >= 0.6 is 12.0 Å². The van der Waals surface area contributed by atoms with Crippen molar-refractivity contribution in [3.05, 3.63) is 59.2 Å². The summed E-state index contributed by atoms with van der Waals surface area (Å²) >= 11 is 0.817. The zero-order chi connectivity index (χ0) is 24.6. The van der Waals surface area contributed by atoms with E-state index in [0.717, 1.165) is 49.9 Å². The maximum atomic E-state index is 14.5. The number of carbonyl (C=O) groups is 1. The van der Waals surface area contributed by atoms with Crippen LogP contribution in [0.1, 0.15) is 100 Å². The second kappa shape index (κ2) is 16.5. The van der Waals surface area contributed by atoms with E-state index >= 15 is 0 Å². The topological polar surface area (TPSA) is 35.5 Å². The molecule has 0 heterocycles. The van der Waals surface area contributed by atoms with Crippen LogP contribution in [0.3, 0.4) is 0 Å². The summed E-state index contributed by atoms with van der Waals surface area (Å²) in [4.78, 5) is 13.0. The summed E-state index contributed by atoms with van der Waals surface area (Å²) < 4.78 is 39.8. The monoisotopic (exact) mass is 492 g/mol. The van der Waals surface area contributed by atoms with Crippen molar-refractivity contribution in [2.24, 2.45) is 0 Å². The van der Waals surface area contributed by atoms with Crippen LogP contribution in [0.4, 0.5) is 8.78 Å². The van der Waals surface area contributed by atoms with Crippen molar-refractivity contribution >= 4 is 18.0 Å². The number of rotatable bonds is 17. The third-order valence-electron chi connectivity index (χ3n) is 5.74. The number of carbonyl (C=O) groups excluding carboxylic acids is 1. The highest BCUT2D eigenvalue weighted by Crippen LogP contribution is 2.26. The van der Waals surface area contributed by atoms with E-state index in [2.05, 4.69) is 13.8 Å². The van der Waals surface area contributed by atoms with Gasteiger partial charge in [-0.2, -0.15) is 0 Å². The van der Waals surface area contributed by atoms with Gasteiger partial charge in [-0.15, -0.1) is 0 Å². The van der Waals surface area contributed by atoms with Gasteiger partial charge in [-0.25, -0.2) is 13.6 Å². The molecule has 0 aliphatic heterocycles. The number of halogens is 2. The van der Waals surface area contributed by atoms with Crippen molar-refractivity contribution in [2.45, 2.75) is 95.8 Å². The molecule has 0 aromatic heterocycles. The standard InChI is InChI=1S/C28H38F2O3S/c1-3-5-7-9-10-12-14-22-15-20-25(27(30)26(22)29)28(31)33-34-24-18-16-23(17-19-24)32-21-13-11-8-6-4-2/h15-20H,3-14,21H2,1-2H3. The Hall–Kier alpha value is -2.08. The molecule has 0 saturated heterocycles. The SMILES string of the molecule is CCCCCCCCc1ccc(C(=O)OSc2ccc(OCCCCCCC)cc2)c(F)c1F. The lowest BCUT2D eigenvalue weighted by Gasteiger charge is -2.09. The van der Waals surface area contributed by atoms with Crippen LogP contribution in [0.25, 0.3) is 0 Å². The van der Waals surface area contributed by atoms with Gasteiger partial charge in [0, 0.05) is 4.90 Å². The second-order valence-corrected chi connectivity index (χ2v) is 9.41. The molecule has 0 spiro atoms. The van der Waals surface area contributed by atoms with Crippen molar-refractivity contribution in [3.8, 4) is 5.75 Å². The lowest BCUT2D eigenvalue weighted by Crippen LogP contribution is -2.07. The van der Waals surface area contributed by atoms with E-state index in [9.17, 15) is 13.6 Å². The fraction of sp³-hybridized carbons (Fsp3) is 0.536. The maximum absolute atomic E-state index is 14.5. The van der Waals surface area contributed by atoms with Gasteiger partial charge in [0.1, 0.15) is 5.75 Å². The Bertz CT molecular complexity index is 855. The average molecular weight is 493 g/mol. The molecule has 3 nitrogen and oxygen atoms in total. The van der Waals surface area contributed by atoms with E-state index in [1.165, 1.54) is 50.7 Å². The van der Waals surface area contributed by atoms with Crippen molar-refractivity contribution in [1.82, 2.24) is 0 Å². The Kier molecular flexibility index (Phi) is 13.7. The van der Waals surface area contributed by atoms with E-state index in [-0.39, 0.29) is 5.56 Å². The first-order valence-electron chi connectivity index (χ1n) is 12.6. The number of aryl methyl sites for hydroxylation is 1. The Morgan fingerprint density at radius 3 is 2.06 bits per heavy atom. The molecule has 188 valence electrons. The molecular weight excluding hydrogens is 454 g/mol. The highest BCUT2D eigenvalue weighted by molar-refractivity contribution is 7.95. The molecule has 0 saturated carbocycles. The zero-order valence-electron chi connectivity index (χ0n) is 20.5. The van der Waals surface area contributed by atoms with Crippen LogP contribution in [0.2, 0.25) is 0 Å². The molecule has 34 heavy (non-hydrogen) atoms. The van der Waals surface area contributed by atoms with E-state index < -0.39 is 17.6 Å². The third kappa shape index (κ3) is 10.0. The van der Waals surface area contributed by atoms with Gasteiger partial charge in [-0.05, 0) is 55.2 Å². The van der Waals surface area contributed by atoms with Gasteiger partial charge in [0.05, 0.1) is 24.2 Å². The van der Waals surface area contributed by atoms with Crippen molar-refractivity contribution in [3.63, 3.8) is 0 Å². The molecular formula is C28H38F2O3S. The minimum atomic E-state index is -1.14. The first-order chi connectivity index (χ1) is 16.6. The molecule has 2 rings (SSSR count). The van der Waals surface area contributed by atoms with Crippen LogP contribution in [-0.2, 0) is 10.6 Å². The lowest BCUT2D eigenvalue weighted by atomic mass is 10.0. The van der Waals surface area contributed by atoms with Gasteiger partial charge in [-0.1, -0.05) is 77.7 Å². The molecule has 0 atom stereocenters. The van der Waals surface area contributed by atoms with Gasteiger partial charge in [0.25, 0.3) is 0 Å². The summed E-state index contributed by atoms with van der Waals surface area (Å²) in [6.07, 6.45) is 12.8. The van der Waals surface area contributed by atoms with Gasteiger partial charge >= 0.3 is 5.97 Å². The van der Waals surface area contributed by atoms with E-state index in [0.29, 0.717) is 23.5 Å². The van der Waals surface area contributed by atoms with Crippen LogP contribution in [0.15, 0.2) is 41.3 Å². The summed E-state index contributed by atoms with van der Waals surface area (Å²) in [5.41, 5.74) is -0.0853. The van der Waals surface area contributed by atoms with Crippen LogP contribution in [-0.4, -0.2) is 12.6 Å². The minimum Gasteiger partial charge on any atom is -0.494 e. The lowest BCUT2D eigenvalue weighted by molar-refractivity contribution is 0.0762. The normalized spacial score (nSPS) is 10.9. The van der Waals surface area contributed by atoms with Crippen LogP contribution in [0, 0.1) is 11.6 Å². The Morgan fingerprint density at radius 1 is 0.765 bits per heavy atom. The number of unbranched alkanes of at least 4 members (excludes halogenated alkanes) is 9. The average Bonchev–Trinajstić information content (AvgIpc) is 2.85. The predicted molar refractivity (Wildman–Crippen MR) is 135 cm³/mol. The number of ether oxygens (including phenoxy) is 1. The molecule has 0 amide bonds. The molecule has 0 aliphatic carbocycles. The summed E-state index contributed by atoms with van der Waals surface area (Å²) in [6, 6.07) is 9.94. The van der Waals surface area contributed by atoms with E-state index in [4.69, 9.17) is 8.92 Å². The quantitative estimate of drug-likeness (QED) is 0.163. The second-order valence-electron chi connectivity index (χ2n) is 8.61. The molecule has 0 bridgehead atoms. The smallest absolute Gasteiger partial charge is 0.353 e. The summed E-state index contributed by atoms with van der Waals surface area (Å²) in [5.74, 6) is -2.25. The zero-order valence-corrected chi connectivity index (χ0v) is 21.4. The minimum absolute atomic E-state index is 0.304. The van der Waals surface area contributed by atoms with Crippen LogP contribution in [0.5, 0.6) is 5.75 Å². The summed E-state index contributed by atoms with van der Waals surface area (Å²) in [6.45, 7) is 5.02. The Labute approximate surface area is 207 Å². The fourth-order valence-electron chi connectivity index (χ4n) is 3.65. The molecule has 0 radical (unpaired) electrons. The predicted octanol–water partition coefficient (Wildman–Crippen LogP) is 9.08. The highest BCUT2D eigenvalue weighted by atomic mass is 32.2. The van der Waals surface area contributed by atoms with Crippen molar-refractivity contribution in [2.75, 3.05) is 6.61 Å². The number of benzene rings is 2. The number of hydrogen-bond donors (Lipinski definition) is 0. The number of hydrogen-bond acceptors (Lipinski definition) is 4. The molecule has 0 fully saturated rings. The molecule has 6 heteroatoms. The fourth-order valence-corrected chi connectivity index (χ4v) is 4.16. The molecule has 0 N–H and O–H groups in total. The maximum Gasteiger partial charge on any atom is 0.353 e. The van der Waals surface area contributed by atoms with Crippen molar-refractivity contribution in [1.29, 1.82) is 0 Å². The molecule has 2 aromatic carbocycles. The van der Waals surface area contributed by atoms with E-state index in [1.54, 1.807) is 24.3 Å². The molecule has 0 unspecified atom stereocenters. The Morgan fingerprint density at radius 2 is 1.38 bits per heavy atom. The highest BCUT2D eigenvalue weighted by Gasteiger charge is 2.20. The first kappa shape index (κ1) is 28.2. The Balaban J connectivity index is 1.78. The molecule has 0 aliphatic rings. The van der Waals surface area contributed by atoms with Gasteiger partial charge < -0.3 is 8.92 Å². The summed E-state index contributed by atoms with van der Waals surface area (Å²) in [7, 11) is 0. The van der Waals surface area contributed by atoms with Gasteiger partial charge in [0.15, 0.2) is 11.6 Å². The van der Waals surface area contributed by atoms with Gasteiger partial charge in [-0.3, -0.25) is 0 Å². The molecule has 2 aromatic rings. The van der Waals surface area contributed by atoms with E-state index in [1.807, 2.05) is 0 Å². The van der Waals surface area contributed by atoms with Crippen molar-refractivity contribution < 1.29 is 22.5 Å². The first-order valence-corrected chi connectivity index (χ1v) is 13.4. The largest absolute Gasteiger partial charge is 0.494 e. The summed E-state index contributed by atoms with van der Waals surface area (Å²) in [5, 5.41) is 0. The third-order valence-corrected chi connectivity index (χ3v) is 6.44.